The van der Waals surface area contributed by atoms with Gasteiger partial charge in [0.1, 0.15) is 6.61 Å². The van der Waals surface area contributed by atoms with Gasteiger partial charge in [-0.05, 0) is 83.1 Å². The predicted molar refractivity (Wildman–Crippen MR) is 219 cm³/mol. The molecule has 9 heteroatoms. The number of rotatable bonds is 40. The molecule has 0 aliphatic carbocycles. The van der Waals surface area contributed by atoms with E-state index in [0.29, 0.717) is 6.42 Å². The molecule has 1 unspecified atom stereocenters. The third-order valence-electron chi connectivity index (χ3n) is 8.81. The molecule has 0 fully saturated rings. The van der Waals surface area contributed by atoms with Crippen molar-refractivity contribution in [2.75, 3.05) is 26.4 Å². The van der Waals surface area contributed by atoms with E-state index in [1.807, 2.05) is 6.08 Å². The van der Waals surface area contributed by atoms with Gasteiger partial charge < -0.3 is 20.1 Å². The van der Waals surface area contributed by atoms with E-state index >= 15 is 0 Å². The lowest BCUT2D eigenvalue weighted by Crippen LogP contribution is -2.25. The molecule has 2 atom stereocenters. The number of hydrogen-bond donors (Lipinski definition) is 2. The highest BCUT2D eigenvalue weighted by Gasteiger charge is 2.24. The van der Waals surface area contributed by atoms with Gasteiger partial charge in [0.15, 0.2) is 6.10 Å². The van der Waals surface area contributed by atoms with Gasteiger partial charge in [0, 0.05) is 13.0 Å². The van der Waals surface area contributed by atoms with Crippen LogP contribution in [0.3, 0.4) is 0 Å². The van der Waals surface area contributed by atoms with Crippen LogP contribution in [0.1, 0.15) is 187 Å². The molecule has 304 valence electrons. The fourth-order valence-electron chi connectivity index (χ4n) is 5.59. The monoisotopic (exact) mass is 754 g/mol. The molecule has 0 aliphatic heterocycles. The summed E-state index contributed by atoms with van der Waals surface area (Å²) >= 11 is 0. The summed E-state index contributed by atoms with van der Waals surface area (Å²) in [6.45, 7) is 4.16. The lowest BCUT2D eigenvalue weighted by Gasteiger charge is -2.19. The first-order valence-electron chi connectivity index (χ1n) is 21.2. The number of carbonyl (C=O) groups is 1. The van der Waals surface area contributed by atoms with E-state index in [9.17, 15) is 14.3 Å². The molecule has 3 N–H and O–H groups in total. The van der Waals surface area contributed by atoms with Gasteiger partial charge in [0.2, 0.25) is 0 Å². The summed E-state index contributed by atoms with van der Waals surface area (Å²) in [5.74, 6) is -0.301. The van der Waals surface area contributed by atoms with Gasteiger partial charge in [0.05, 0.1) is 19.5 Å². The number of esters is 1. The van der Waals surface area contributed by atoms with E-state index in [4.69, 9.17) is 24.3 Å². The van der Waals surface area contributed by atoms with E-state index in [2.05, 4.69) is 50.3 Å². The fraction of sp³-hybridized carbons (Fsp3) is 0.791. The van der Waals surface area contributed by atoms with Gasteiger partial charge in [-0.1, -0.05) is 140 Å². The van der Waals surface area contributed by atoms with E-state index in [0.717, 1.165) is 44.9 Å². The maximum absolute atomic E-state index is 12.4. The second-order valence-corrected chi connectivity index (χ2v) is 15.4. The van der Waals surface area contributed by atoms with Gasteiger partial charge in [-0.3, -0.25) is 13.8 Å². The Morgan fingerprint density at radius 3 is 1.58 bits per heavy atom. The first kappa shape index (κ1) is 50.3. The van der Waals surface area contributed by atoms with Crippen LogP contribution in [0.4, 0.5) is 0 Å². The maximum Gasteiger partial charge on any atom is 0.472 e. The molecular weight excluding hydrogens is 673 g/mol. The fourth-order valence-corrected chi connectivity index (χ4v) is 6.36. The molecule has 0 amide bonds. The number of phosphoric ester groups is 1. The van der Waals surface area contributed by atoms with Crippen molar-refractivity contribution in [1.82, 2.24) is 0 Å². The van der Waals surface area contributed by atoms with Crippen molar-refractivity contribution in [3.63, 3.8) is 0 Å². The van der Waals surface area contributed by atoms with Crippen LogP contribution in [-0.2, 0) is 27.9 Å². The molecule has 0 spiro atoms. The van der Waals surface area contributed by atoms with Gasteiger partial charge in [-0.25, -0.2) is 4.57 Å². The van der Waals surface area contributed by atoms with Crippen LogP contribution < -0.4 is 5.73 Å². The molecule has 0 saturated carbocycles. The van der Waals surface area contributed by atoms with Crippen LogP contribution in [0.5, 0.6) is 0 Å². The van der Waals surface area contributed by atoms with E-state index in [-0.39, 0.29) is 32.3 Å². The Morgan fingerprint density at radius 1 is 0.596 bits per heavy atom. The smallest absolute Gasteiger partial charge is 0.472 e. The minimum atomic E-state index is -4.27. The summed E-state index contributed by atoms with van der Waals surface area (Å²) in [5.41, 5.74) is 5.36. The molecule has 0 aromatic heterocycles. The van der Waals surface area contributed by atoms with Crippen molar-refractivity contribution in [3.05, 3.63) is 48.8 Å². The lowest BCUT2D eigenvalue weighted by atomic mass is 10.1. The van der Waals surface area contributed by atoms with Crippen molar-refractivity contribution in [3.8, 4) is 0 Å². The minimum absolute atomic E-state index is 0.0716. The molecule has 0 heterocycles. The Kier molecular flexibility index (Phi) is 39.2. The number of nitrogens with two attached hydrogens (primary N) is 1. The summed E-state index contributed by atoms with van der Waals surface area (Å²) in [4.78, 5) is 22.3. The van der Waals surface area contributed by atoms with Gasteiger partial charge >= 0.3 is 13.8 Å². The van der Waals surface area contributed by atoms with Crippen LogP contribution in [0.25, 0.3) is 0 Å². The molecule has 0 aliphatic rings. The molecule has 0 rings (SSSR count). The molecule has 0 saturated heterocycles. The number of unbranched alkanes of at least 4 members (excludes halogenated alkanes) is 21. The lowest BCUT2D eigenvalue weighted by molar-refractivity contribution is -0.147. The van der Waals surface area contributed by atoms with Crippen molar-refractivity contribution in [2.24, 2.45) is 5.73 Å². The highest BCUT2D eigenvalue weighted by molar-refractivity contribution is 7.47. The third kappa shape index (κ3) is 39.5. The number of carbonyl (C=O) groups excluding carboxylic acids is 1. The predicted octanol–water partition coefficient (Wildman–Crippen LogP) is 12.8. The minimum Gasteiger partial charge on any atom is -0.492 e. The Morgan fingerprint density at radius 2 is 1.04 bits per heavy atom. The molecule has 8 nitrogen and oxygen atoms in total. The van der Waals surface area contributed by atoms with Gasteiger partial charge in [0.25, 0.3) is 0 Å². The van der Waals surface area contributed by atoms with Crippen LogP contribution in [0.2, 0.25) is 0 Å². The molecule has 0 bridgehead atoms. The summed E-state index contributed by atoms with van der Waals surface area (Å²) < 4.78 is 33.2. The highest BCUT2D eigenvalue weighted by Crippen LogP contribution is 2.43. The molecule has 0 aromatic rings. The quantitative estimate of drug-likeness (QED) is 0.0209. The average Bonchev–Trinajstić information content (AvgIpc) is 3.14. The molecule has 0 radical (unpaired) electrons. The van der Waals surface area contributed by atoms with Crippen molar-refractivity contribution < 1.29 is 32.8 Å². The van der Waals surface area contributed by atoms with Crippen LogP contribution in [0, 0.1) is 0 Å². The second-order valence-electron chi connectivity index (χ2n) is 13.9. The van der Waals surface area contributed by atoms with Crippen LogP contribution >= 0.6 is 7.82 Å². The summed E-state index contributed by atoms with van der Waals surface area (Å²) in [7, 11) is -4.27. The van der Waals surface area contributed by atoms with Gasteiger partial charge in [-0.2, -0.15) is 0 Å². The standard InChI is InChI=1S/C43H80NO7P/c1-3-5-7-9-11-13-15-17-19-21-22-24-26-28-30-32-34-36-43(45)49-40-42(41-51-52(46,47)50-39-37-44)48-38-35-33-31-29-27-25-23-20-18-16-14-12-10-8-6-4-2/h11,13-14,16-17,19,35,38,42H,3-10,12,15,18,20-34,36-37,39-41,44H2,1-2H3,(H,46,47)/b13-11-,16-14-,19-17-,38-35-/t42-/m1/s1. The summed E-state index contributed by atoms with van der Waals surface area (Å²) in [6.07, 6.45) is 47.9. The Balaban J connectivity index is 4.11. The average molecular weight is 754 g/mol. The first-order chi connectivity index (χ1) is 25.4. The topological polar surface area (TPSA) is 117 Å². The van der Waals surface area contributed by atoms with Crippen molar-refractivity contribution in [2.45, 2.75) is 193 Å². The highest BCUT2D eigenvalue weighted by atomic mass is 31.2. The van der Waals surface area contributed by atoms with Crippen molar-refractivity contribution >= 4 is 13.8 Å². The largest absolute Gasteiger partial charge is 0.492 e. The van der Waals surface area contributed by atoms with Crippen LogP contribution in [0.15, 0.2) is 48.8 Å². The zero-order valence-corrected chi connectivity index (χ0v) is 34.4. The number of ether oxygens (including phenoxy) is 2. The second kappa shape index (κ2) is 40.5. The van der Waals surface area contributed by atoms with Crippen LogP contribution in [-0.4, -0.2) is 43.3 Å². The Bertz CT molecular complexity index is 936. The number of phosphoric acid groups is 1. The number of allylic oxidation sites excluding steroid dienone is 7. The zero-order chi connectivity index (χ0) is 38.1. The zero-order valence-electron chi connectivity index (χ0n) is 33.5. The Hall–Kier alpha value is -1.70. The van der Waals surface area contributed by atoms with E-state index < -0.39 is 13.9 Å². The normalized spacial score (nSPS) is 13.9. The first-order valence-corrected chi connectivity index (χ1v) is 22.7. The van der Waals surface area contributed by atoms with Gasteiger partial charge in [-0.15, -0.1) is 0 Å². The number of hydrogen-bond acceptors (Lipinski definition) is 7. The summed E-state index contributed by atoms with van der Waals surface area (Å²) in [5, 5.41) is 0. The Labute approximate surface area is 320 Å². The SMILES string of the molecule is CCCCC/C=C\C/C=C\CCCCCCCCCC(=O)OC[C@H](COP(=O)(O)OCCN)O/C=C\CCCCCCCC/C=C\CCCCCC. The molecule has 0 aromatic carbocycles. The van der Waals surface area contributed by atoms with Crippen molar-refractivity contribution in [1.29, 1.82) is 0 Å². The maximum atomic E-state index is 12.4. The van der Waals surface area contributed by atoms with E-state index in [1.54, 1.807) is 6.26 Å². The third-order valence-corrected chi connectivity index (χ3v) is 9.79. The molecule has 52 heavy (non-hydrogen) atoms. The molecular formula is C43H80NO7P. The van der Waals surface area contributed by atoms with E-state index in [1.165, 1.54) is 122 Å². The summed E-state index contributed by atoms with van der Waals surface area (Å²) in [6, 6.07) is 0.